The van der Waals surface area contributed by atoms with Crippen molar-refractivity contribution in [1.29, 1.82) is 0 Å². The van der Waals surface area contributed by atoms with E-state index in [2.05, 4.69) is 26.6 Å². The summed E-state index contributed by atoms with van der Waals surface area (Å²) in [6.07, 6.45) is 1.14. The summed E-state index contributed by atoms with van der Waals surface area (Å²) in [5.74, 6) is -3.85. The number of anilines is 2. The van der Waals surface area contributed by atoms with Crippen molar-refractivity contribution in [3.63, 3.8) is 0 Å². The number of aliphatic carboxylic acids is 2. The highest BCUT2D eigenvalue weighted by Gasteiger charge is 2.28. The maximum Gasteiger partial charge on any atom is 0.326 e. The Hall–Kier alpha value is -4.94. The highest BCUT2D eigenvalue weighted by Crippen LogP contribution is 2.18. The molecular formula is C35H49N5O8. The van der Waals surface area contributed by atoms with Crippen molar-refractivity contribution in [3.05, 3.63) is 60.2 Å². The molecule has 0 radical (unpaired) electrons. The van der Waals surface area contributed by atoms with Gasteiger partial charge in [0, 0.05) is 17.8 Å². The number of para-hydroxylation sites is 1. The topological polar surface area (TPSA) is 203 Å². The molecule has 0 saturated carbocycles. The highest BCUT2D eigenvalue weighted by molar-refractivity contribution is 5.99. The van der Waals surface area contributed by atoms with Crippen molar-refractivity contribution in [1.82, 2.24) is 16.0 Å². The van der Waals surface area contributed by atoms with Crippen LogP contribution in [0.4, 0.5) is 16.2 Å². The van der Waals surface area contributed by atoms with E-state index in [9.17, 15) is 39.0 Å². The van der Waals surface area contributed by atoms with E-state index in [0.717, 1.165) is 0 Å². The zero-order chi connectivity index (χ0) is 35.9. The molecule has 0 saturated heterocycles. The van der Waals surface area contributed by atoms with E-state index < -0.39 is 47.9 Å². The van der Waals surface area contributed by atoms with Crippen molar-refractivity contribution < 1.29 is 39.0 Å². The van der Waals surface area contributed by atoms with E-state index in [0.29, 0.717) is 23.4 Å². The summed E-state index contributed by atoms with van der Waals surface area (Å²) in [4.78, 5) is 74.1. The van der Waals surface area contributed by atoms with Gasteiger partial charge in [-0.2, -0.15) is 0 Å². The molecule has 0 aromatic heterocycles. The van der Waals surface area contributed by atoms with Gasteiger partial charge in [0.15, 0.2) is 0 Å². The fraction of sp³-hybridized carbons (Fsp3) is 0.486. The van der Waals surface area contributed by atoms with Gasteiger partial charge in [0.25, 0.3) is 0 Å². The van der Waals surface area contributed by atoms with Crippen LogP contribution in [0.15, 0.2) is 54.6 Å². The number of benzene rings is 2. The zero-order valence-corrected chi connectivity index (χ0v) is 28.3. The molecule has 0 spiro atoms. The Kier molecular flexibility index (Phi) is 15.5. The number of urea groups is 1. The Morgan fingerprint density at radius 2 is 1.17 bits per heavy atom. The molecule has 0 aliphatic carbocycles. The molecule has 0 aliphatic heterocycles. The molecule has 0 aliphatic rings. The fourth-order valence-electron chi connectivity index (χ4n) is 4.87. The quantitative estimate of drug-likeness (QED) is 0.112. The van der Waals surface area contributed by atoms with E-state index in [1.165, 1.54) is 0 Å². The molecule has 13 nitrogen and oxygen atoms in total. The number of rotatable bonds is 18. The molecule has 0 bridgehead atoms. The van der Waals surface area contributed by atoms with Crippen LogP contribution in [0.1, 0.15) is 78.7 Å². The summed E-state index contributed by atoms with van der Waals surface area (Å²) in [7, 11) is 0. The average molecular weight is 668 g/mol. The second kappa shape index (κ2) is 19.0. The van der Waals surface area contributed by atoms with Crippen LogP contribution in [-0.4, -0.2) is 64.0 Å². The molecule has 7 N–H and O–H groups in total. The third kappa shape index (κ3) is 15.6. The van der Waals surface area contributed by atoms with E-state index >= 15 is 0 Å². The smallest absolute Gasteiger partial charge is 0.326 e. The number of nitrogens with one attached hydrogen (secondary N) is 5. The van der Waals surface area contributed by atoms with Crippen LogP contribution in [0, 0.1) is 11.3 Å². The summed E-state index contributed by atoms with van der Waals surface area (Å²) in [5, 5.41) is 32.4. The molecule has 3 atom stereocenters. The van der Waals surface area contributed by atoms with Crippen LogP contribution in [-0.2, 0) is 30.4 Å². The van der Waals surface area contributed by atoms with Crippen molar-refractivity contribution in [3.8, 4) is 0 Å². The fourth-order valence-corrected chi connectivity index (χ4v) is 4.87. The number of amides is 5. The largest absolute Gasteiger partial charge is 0.480 e. The molecule has 5 amide bonds. The number of hydrogen-bond acceptors (Lipinski definition) is 6. The number of hydrogen-bond donors (Lipinski definition) is 7. The SMILES string of the molecule is CC(C)CC(NC(=O)Cc1ccc(NC(=O)Nc2ccccc2)cc1)C(=O)NC(CCCCC(NC(=O)CC(C)(C)C)C(=O)O)C(=O)O. The van der Waals surface area contributed by atoms with Gasteiger partial charge in [0.05, 0.1) is 6.42 Å². The maximum atomic E-state index is 13.2. The van der Waals surface area contributed by atoms with Crippen LogP contribution >= 0.6 is 0 Å². The highest BCUT2D eigenvalue weighted by atomic mass is 16.4. The summed E-state index contributed by atoms with van der Waals surface area (Å²) in [6, 6.07) is 11.9. The lowest BCUT2D eigenvalue weighted by Gasteiger charge is -2.23. The summed E-state index contributed by atoms with van der Waals surface area (Å²) < 4.78 is 0. The monoisotopic (exact) mass is 667 g/mol. The Morgan fingerprint density at radius 1 is 0.667 bits per heavy atom. The predicted molar refractivity (Wildman–Crippen MR) is 182 cm³/mol. The molecule has 0 fully saturated rings. The molecule has 2 aromatic rings. The van der Waals surface area contributed by atoms with Gasteiger partial charge in [0.1, 0.15) is 18.1 Å². The number of carboxylic acids is 2. The van der Waals surface area contributed by atoms with Crippen LogP contribution in [0.2, 0.25) is 0 Å². The van der Waals surface area contributed by atoms with Crippen molar-refractivity contribution in [2.75, 3.05) is 10.6 Å². The second-order valence-electron chi connectivity index (χ2n) is 13.4. The number of carboxylic acid groups (broad SMARTS) is 2. The Labute approximate surface area is 281 Å². The molecule has 262 valence electrons. The van der Waals surface area contributed by atoms with Crippen LogP contribution < -0.4 is 26.6 Å². The first-order valence-electron chi connectivity index (χ1n) is 16.1. The molecule has 3 unspecified atom stereocenters. The van der Waals surface area contributed by atoms with E-state index in [1.54, 1.807) is 48.5 Å². The normalized spacial score (nSPS) is 13.0. The Morgan fingerprint density at radius 3 is 1.67 bits per heavy atom. The minimum atomic E-state index is -1.25. The third-order valence-corrected chi connectivity index (χ3v) is 7.14. The first kappa shape index (κ1) is 39.2. The van der Waals surface area contributed by atoms with Gasteiger partial charge in [-0.3, -0.25) is 14.4 Å². The standard InChI is InChI=1S/C35H49N5O8/c1-22(2)19-28(39-29(41)20-23-15-17-25(18-16-23)37-34(48)36-24-11-7-6-8-12-24)31(43)40-27(33(46)47)14-10-9-13-26(32(44)45)38-30(42)21-35(3,4)5/h6-8,11-12,15-18,22,26-28H,9-10,13-14,19-21H2,1-5H3,(H,38,42)(H,39,41)(H,40,43)(H,44,45)(H,46,47)(H2,36,37,48). The van der Waals surface area contributed by atoms with E-state index in [4.69, 9.17) is 0 Å². The Bertz CT molecular complexity index is 1390. The first-order chi connectivity index (χ1) is 22.5. The lowest BCUT2D eigenvalue weighted by atomic mass is 9.91. The number of unbranched alkanes of at least 4 members (excludes halogenated alkanes) is 1. The van der Waals surface area contributed by atoms with Crippen molar-refractivity contribution in [2.24, 2.45) is 11.3 Å². The van der Waals surface area contributed by atoms with Gasteiger partial charge in [-0.05, 0) is 60.4 Å². The number of carbonyl (C=O) groups is 6. The predicted octanol–water partition coefficient (Wildman–Crippen LogP) is 4.54. The lowest BCUT2D eigenvalue weighted by molar-refractivity contribution is -0.143. The van der Waals surface area contributed by atoms with Gasteiger partial charge in [0.2, 0.25) is 17.7 Å². The van der Waals surface area contributed by atoms with Gasteiger partial charge in [-0.15, -0.1) is 0 Å². The molecule has 48 heavy (non-hydrogen) atoms. The first-order valence-corrected chi connectivity index (χ1v) is 16.1. The van der Waals surface area contributed by atoms with Crippen molar-refractivity contribution >= 4 is 47.1 Å². The maximum absolute atomic E-state index is 13.2. The summed E-state index contributed by atoms with van der Waals surface area (Å²) >= 11 is 0. The molecule has 0 heterocycles. The summed E-state index contributed by atoms with van der Waals surface area (Å²) in [6.45, 7) is 9.36. The number of carbonyl (C=O) groups excluding carboxylic acids is 4. The lowest BCUT2D eigenvalue weighted by Crippen LogP contribution is -2.52. The Balaban J connectivity index is 1.90. The van der Waals surface area contributed by atoms with E-state index in [-0.39, 0.29) is 55.8 Å². The average Bonchev–Trinajstić information content (AvgIpc) is 2.97. The van der Waals surface area contributed by atoms with Gasteiger partial charge in [-0.1, -0.05) is 77.8 Å². The van der Waals surface area contributed by atoms with Gasteiger partial charge >= 0.3 is 18.0 Å². The molecular weight excluding hydrogens is 618 g/mol. The van der Waals surface area contributed by atoms with Crippen LogP contribution in [0.25, 0.3) is 0 Å². The molecule has 13 heteroatoms. The second-order valence-corrected chi connectivity index (χ2v) is 13.4. The third-order valence-electron chi connectivity index (χ3n) is 7.14. The van der Waals surface area contributed by atoms with Gasteiger partial charge < -0.3 is 36.8 Å². The minimum absolute atomic E-state index is 0.0122. The van der Waals surface area contributed by atoms with E-state index in [1.807, 2.05) is 40.7 Å². The van der Waals surface area contributed by atoms with Crippen LogP contribution in [0.5, 0.6) is 0 Å². The summed E-state index contributed by atoms with van der Waals surface area (Å²) in [5.41, 5.74) is 1.50. The van der Waals surface area contributed by atoms with Crippen molar-refractivity contribution in [2.45, 2.75) is 97.7 Å². The minimum Gasteiger partial charge on any atom is -0.480 e. The van der Waals surface area contributed by atoms with Crippen LogP contribution in [0.3, 0.4) is 0 Å². The molecule has 2 aromatic carbocycles. The molecule has 2 rings (SSSR count). The zero-order valence-electron chi connectivity index (χ0n) is 28.3. The van der Waals surface area contributed by atoms with Gasteiger partial charge in [-0.25, -0.2) is 14.4 Å².